The average Bonchev–Trinajstić information content (AvgIpc) is 2.29. The Morgan fingerprint density at radius 2 is 1.65 bits per heavy atom. The molecule has 0 bridgehead atoms. The highest BCUT2D eigenvalue weighted by Gasteiger charge is 2.27. The molecule has 0 aromatic carbocycles. The largest absolute Gasteiger partial charge is 0.459 e. The molecule has 0 aliphatic rings. The van der Waals surface area contributed by atoms with Crippen LogP contribution in [0.25, 0.3) is 0 Å². The van der Waals surface area contributed by atoms with E-state index < -0.39 is 5.60 Å². The first-order valence-corrected chi connectivity index (χ1v) is 8.73. The molecule has 0 spiro atoms. The van der Waals surface area contributed by atoms with E-state index in [-0.39, 0.29) is 23.8 Å². The number of halogens is 1. The number of thioether (sulfide) groups is 1. The Kier molecular flexibility index (Phi) is 10.3. The summed E-state index contributed by atoms with van der Waals surface area (Å²) >= 11 is 1.69. The van der Waals surface area contributed by atoms with Crippen molar-refractivity contribution in [1.82, 2.24) is 0 Å². The number of ether oxygens (including phenoxy) is 1. The highest BCUT2D eigenvalue weighted by atomic mass is 32.2. The van der Waals surface area contributed by atoms with Crippen LogP contribution in [0.4, 0.5) is 4.39 Å². The quantitative estimate of drug-likeness (QED) is 0.419. The molecule has 0 amide bonds. The van der Waals surface area contributed by atoms with Crippen LogP contribution in [-0.4, -0.2) is 29.2 Å². The third-order valence-electron chi connectivity index (χ3n) is 2.82. The minimum Gasteiger partial charge on any atom is -0.459 e. The zero-order valence-electron chi connectivity index (χ0n) is 13.7. The SMILES string of the molecule is CC(C)C(SCCCCCCCF)C(=O)OC(C)(C)C. The number of carbonyl (C=O) groups excluding carboxylic acids is 1. The Morgan fingerprint density at radius 3 is 2.15 bits per heavy atom. The summed E-state index contributed by atoms with van der Waals surface area (Å²) in [7, 11) is 0. The summed E-state index contributed by atoms with van der Waals surface area (Å²) in [5, 5.41) is -0.0833. The predicted octanol–water partition coefficient (Wildman–Crippen LogP) is 5.01. The van der Waals surface area contributed by atoms with E-state index in [2.05, 4.69) is 13.8 Å². The molecule has 0 saturated carbocycles. The smallest absolute Gasteiger partial charge is 0.319 e. The van der Waals surface area contributed by atoms with Crippen molar-refractivity contribution in [2.24, 2.45) is 5.92 Å². The van der Waals surface area contributed by atoms with Gasteiger partial charge < -0.3 is 4.74 Å². The number of hydrogen-bond acceptors (Lipinski definition) is 3. The van der Waals surface area contributed by atoms with Gasteiger partial charge in [-0.3, -0.25) is 9.18 Å². The van der Waals surface area contributed by atoms with E-state index in [1.54, 1.807) is 11.8 Å². The lowest BCUT2D eigenvalue weighted by Crippen LogP contribution is -2.33. The molecule has 0 heterocycles. The molecule has 0 radical (unpaired) electrons. The molecule has 0 rings (SSSR count). The topological polar surface area (TPSA) is 26.3 Å². The van der Waals surface area contributed by atoms with Gasteiger partial charge in [0.1, 0.15) is 10.9 Å². The van der Waals surface area contributed by atoms with Gasteiger partial charge >= 0.3 is 5.97 Å². The second kappa shape index (κ2) is 10.5. The van der Waals surface area contributed by atoms with Gasteiger partial charge in [0.25, 0.3) is 0 Å². The first-order valence-electron chi connectivity index (χ1n) is 7.68. The predicted molar refractivity (Wildman–Crippen MR) is 86.0 cm³/mol. The fraction of sp³-hybridized carbons (Fsp3) is 0.938. The monoisotopic (exact) mass is 306 g/mol. The molecule has 120 valence electrons. The lowest BCUT2D eigenvalue weighted by atomic mass is 10.1. The fourth-order valence-electron chi connectivity index (χ4n) is 1.83. The Bertz CT molecular complexity index is 262. The summed E-state index contributed by atoms with van der Waals surface area (Å²) in [6.07, 6.45) is 4.94. The molecule has 1 unspecified atom stereocenters. The average molecular weight is 306 g/mol. The van der Waals surface area contributed by atoms with Crippen LogP contribution in [0.1, 0.15) is 66.7 Å². The summed E-state index contributed by atoms with van der Waals surface area (Å²) in [6.45, 7) is 9.61. The maximum absolute atomic E-state index is 12.1. The van der Waals surface area contributed by atoms with Crippen molar-refractivity contribution in [1.29, 1.82) is 0 Å². The van der Waals surface area contributed by atoms with Gasteiger partial charge in [-0.1, -0.05) is 33.1 Å². The van der Waals surface area contributed by atoms with Crippen LogP contribution in [0.15, 0.2) is 0 Å². The molecule has 4 heteroatoms. The zero-order valence-corrected chi connectivity index (χ0v) is 14.5. The van der Waals surface area contributed by atoms with Gasteiger partial charge in [0.15, 0.2) is 0 Å². The second-order valence-corrected chi connectivity index (χ2v) is 7.78. The standard InChI is InChI=1S/C16H31FO2S/c1-13(2)14(15(18)19-16(3,4)5)20-12-10-8-6-7-9-11-17/h13-14H,6-12H2,1-5H3. The third-order valence-corrected chi connectivity index (χ3v) is 4.44. The lowest BCUT2D eigenvalue weighted by molar-refractivity contribution is -0.154. The molecule has 0 saturated heterocycles. The summed E-state index contributed by atoms with van der Waals surface area (Å²) < 4.78 is 17.4. The number of esters is 1. The molecule has 0 aliphatic heterocycles. The molecule has 0 aromatic rings. The van der Waals surface area contributed by atoms with E-state index in [1.807, 2.05) is 20.8 Å². The molecule has 0 N–H and O–H groups in total. The number of unbranched alkanes of at least 4 members (excludes halogenated alkanes) is 4. The van der Waals surface area contributed by atoms with Crippen LogP contribution in [0.2, 0.25) is 0 Å². The van der Waals surface area contributed by atoms with Gasteiger partial charge in [-0.2, -0.15) is 0 Å². The van der Waals surface area contributed by atoms with Crippen LogP contribution in [0, 0.1) is 5.92 Å². The summed E-state index contributed by atoms with van der Waals surface area (Å²) in [5.74, 6) is 1.15. The highest BCUT2D eigenvalue weighted by Crippen LogP contribution is 2.24. The maximum atomic E-state index is 12.1. The van der Waals surface area contributed by atoms with Crippen molar-refractivity contribution in [3.8, 4) is 0 Å². The van der Waals surface area contributed by atoms with Crippen molar-refractivity contribution in [3.05, 3.63) is 0 Å². The van der Waals surface area contributed by atoms with Crippen LogP contribution < -0.4 is 0 Å². The molecule has 1 atom stereocenters. The Morgan fingerprint density at radius 1 is 1.10 bits per heavy atom. The minimum atomic E-state index is -0.419. The first-order chi connectivity index (χ1) is 9.28. The van der Waals surface area contributed by atoms with Crippen molar-refractivity contribution in [2.75, 3.05) is 12.4 Å². The molecular formula is C16H31FO2S. The second-order valence-electron chi connectivity index (χ2n) is 6.53. The van der Waals surface area contributed by atoms with Crippen LogP contribution in [-0.2, 0) is 9.53 Å². The van der Waals surface area contributed by atoms with Gasteiger partial charge in [0.2, 0.25) is 0 Å². The van der Waals surface area contributed by atoms with Crippen molar-refractivity contribution < 1.29 is 13.9 Å². The van der Waals surface area contributed by atoms with Gasteiger partial charge in [0, 0.05) is 0 Å². The van der Waals surface area contributed by atoms with Crippen LogP contribution in [0.3, 0.4) is 0 Å². The van der Waals surface area contributed by atoms with Crippen LogP contribution in [0.5, 0.6) is 0 Å². The van der Waals surface area contributed by atoms with E-state index in [1.165, 1.54) is 0 Å². The molecule has 0 aromatic heterocycles. The molecule has 0 fully saturated rings. The Labute approximate surface area is 128 Å². The summed E-state index contributed by atoms with van der Waals surface area (Å²) in [4.78, 5) is 12.1. The zero-order chi connectivity index (χ0) is 15.6. The number of alkyl halides is 1. The Balaban J connectivity index is 3.95. The number of hydrogen-bond donors (Lipinski definition) is 0. The van der Waals surface area contributed by atoms with Crippen molar-refractivity contribution in [2.45, 2.75) is 77.6 Å². The minimum absolute atomic E-state index is 0.0833. The lowest BCUT2D eigenvalue weighted by Gasteiger charge is -2.25. The van der Waals surface area contributed by atoms with E-state index in [0.29, 0.717) is 6.42 Å². The van der Waals surface area contributed by atoms with Crippen molar-refractivity contribution in [3.63, 3.8) is 0 Å². The molecule has 20 heavy (non-hydrogen) atoms. The number of rotatable bonds is 10. The third kappa shape index (κ3) is 10.5. The van der Waals surface area contributed by atoms with E-state index in [4.69, 9.17) is 4.74 Å². The molecule has 0 aliphatic carbocycles. The Hall–Kier alpha value is -0.250. The molecular weight excluding hydrogens is 275 g/mol. The van der Waals surface area contributed by atoms with Crippen LogP contribution >= 0.6 is 11.8 Å². The van der Waals surface area contributed by atoms with Gasteiger partial charge in [-0.25, -0.2) is 0 Å². The van der Waals surface area contributed by atoms with Gasteiger partial charge in [-0.05, 0) is 45.3 Å². The molecule has 2 nitrogen and oxygen atoms in total. The van der Waals surface area contributed by atoms with Gasteiger partial charge in [0.05, 0.1) is 6.67 Å². The number of carbonyl (C=O) groups is 1. The highest BCUT2D eigenvalue weighted by molar-refractivity contribution is 8.00. The maximum Gasteiger partial charge on any atom is 0.319 e. The van der Waals surface area contributed by atoms with Crippen molar-refractivity contribution >= 4 is 17.7 Å². The normalized spacial score (nSPS) is 13.6. The van der Waals surface area contributed by atoms with E-state index in [9.17, 15) is 9.18 Å². The fourth-order valence-corrected chi connectivity index (χ4v) is 3.02. The van der Waals surface area contributed by atoms with E-state index in [0.717, 1.165) is 31.4 Å². The van der Waals surface area contributed by atoms with E-state index >= 15 is 0 Å². The summed E-state index contributed by atoms with van der Waals surface area (Å²) in [6, 6.07) is 0. The first kappa shape index (κ1) is 19.8. The summed E-state index contributed by atoms with van der Waals surface area (Å²) in [5.41, 5.74) is -0.419. The van der Waals surface area contributed by atoms with Gasteiger partial charge in [-0.15, -0.1) is 11.8 Å².